The first kappa shape index (κ1) is 15.2. The highest BCUT2D eigenvalue weighted by Crippen LogP contribution is 2.17. The predicted octanol–water partition coefficient (Wildman–Crippen LogP) is 2.17. The Bertz CT molecular complexity index is 435. The molecule has 0 bridgehead atoms. The van der Waals surface area contributed by atoms with Gasteiger partial charge < -0.3 is 10.6 Å². The van der Waals surface area contributed by atoms with Crippen LogP contribution in [0.25, 0.3) is 0 Å². The Hall–Kier alpha value is -1.84. The molecule has 4 nitrogen and oxygen atoms in total. The van der Waals surface area contributed by atoms with Crippen LogP contribution in [0.3, 0.4) is 0 Å². The highest BCUT2D eigenvalue weighted by molar-refractivity contribution is 5.79. The smallest absolute Gasteiger partial charge is 0.222 e. The van der Waals surface area contributed by atoms with Crippen LogP contribution in [0.4, 0.5) is 0 Å². The summed E-state index contributed by atoms with van der Waals surface area (Å²) in [7, 11) is 0. The first-order valence-electron chi connectivity index (χ1n) is 6.41. The summed E-state index contributed by atoms with van der Waals surface area (Å²) in [4.78, 5) is 23.2. The maximum absolute atomic E-state index is 12.0. The molecule has 19 heavy (non-hydrogen) atoms. The third-order valence-electron chi connectivity index (χ3n) is 2.48. The van der Waals surface area contributed by atoms with Gasteiger partial charge >= 0.3 is 0 Å². The summed E-state index contributed by atoms with van der Waals surface area (Å²) in [6, 6.07) is 9.22. The molecule has 1 aromatic carbocycles. The van der Waals surface area contributed by atoms with Crippen LogP contribution < -0.4 is 10.6 Å². The zero-order chi connectivity index (χ0) is 14.5. The Morgan fingerprint density at radius 3 is 2.21 bits per heavy atom. The minimum atomic E-state index is -0.291. The lowest BCUT2D eigenvalue weighted by Crippen LogP contribution is -2.42. The Balaban J connectivity index is 2.76. The highest BCUT2D eigenvalue weighted by Gasteiger charge is 2.20. The van der Waals surface area contributed by atoms with Gasteiger partial charge in [0, 0.05) is 12.5 Å². The molecule has 0 saturated carbocycles. The van der Waals surface area contributed by atoms with E-state index >= 15 is 0 Å². The van der Waals surface area contributed by atoms with E-state index in [1.165, 1.54) is 6.92 Å². The number of nitrogens with one attached hydrogen (secondary N) is 2. The van der Waals surface area contributed by atoms with Crippen molar-refractivity contribution in [3.8, 4) is 0 Å². The minimum Gasteiger partial charge on any atom is -0.351 e. The summed E-state index contributed by atoms with van der Waals surface area (Å²) in [6.45, 7) is 7.25. The van der Waals surface area contributed by atoms with Crippen molar-refractivity contribution < 1.29 is 9.59 Å². The van der Waals surface area contributed by atoms with Gasteiger partial charge in [-0.25, -0.2) is 0 Å². The Morgan fingerprint density at radius 1 is 1.16 bits per heavy atom. The monoisotopic (exact) mass is 262 g/mol. The van der Waals surface area contributed by atoms with Crippen molar-refractivity contribution in [2.45, 2.75) is 45.7 Å². The summed E-state index contributed by atoms with van der Waals surface area (Å²) < 4.78 is 0. The molecule has 1 aromatic rings. The summed E-state index contributed by atoms with van der Waals surface area (Å²) >= 11 is 0. The molecule has 0 radical (unpaired) electrons. The van der Waals surface area contributed by atoms with E-state index in [-0.39, 0.29) is 29.8 Å². The maximum Gasteiger partial charge on any atom is 0.222 e. The fraction of sp³-hybridized carbons (Fsp3) is 0.467. The Kier molecular flexibility index (Phi) is 5.10. The fourth-order valence-electron chi connectivity index (χ4n) is 1.84. The summed E-state index contributed by atoms with van der Waals surface area (Å²) in [5, 5.41) is 5.72. The molecule has 0 unspecified atom stereocenters. The average molecular weight is 262 g/mol. The SMILES string of the molecule is CC(=O)N[C@H](CC(=O)NC(C)(C)C)c1ccccc1. The molecular weight excluding hydrogens is 240 g/mol. The molecule has 0 aromatic heterocycles. The minimum absolute atomic E-state index is 0.0740. The second kappa shape index (κ2) is 6.36. The van der Waals surface area contributed by atoms with Gasteiger partial charge in [-0.2, -0.15) is 0 Å². The number of amides is 2. The average Bonchev–Trinajstić information content (AvgIpc) is 2.26. The van der Waals surface area contributed by atoms with E-state index in [2.05, 4.69) is 10.6 Å². The molecule has 104 valence electrons. The van der Waals surface area contributed by atoms with Gasteiger partial charge in [0.1, 0.15) is 0 Å². The maximum atomic E-state index is 12.0. The van der Waals surface area contributed by atoms with Gasteiger partial charge in [0.05, 0.1) is 12.5 Å². The molecule has 2 amide bonds. The van der Waals surface area contributed by atoms with Crippen molar-refractivity contribution in [1.29, 1.82) is 0 Å². The second-order valence-electron chi connectivity index (χ2n) is 5.67. The Labute approximate surface area is 114 Å². The van der Waals surface area contributed by atoms with E-state index in [1.54, 1.807) is 0 Å². The van der Waals surface area contributed by atoms with Gasteiger partial charge in [0.15, 0.2) is 0 Å². The standard InChI is InChI=1S/C15H22N2O2/c1-11(18)16-13(12-8-6-5-7-9-12)10-14(19)17-15(2,3)4/h5-9,13H,10H2,1-4H3,(H,16,18)(H,17,19)/t13-/m1/s1. The van der Waals surface area contributed by atoms with E-state index in [9.17, 15) is 9.59 Å². The zero-order valence-corrected chi connectivity index (χ0v) is 12.0. The van der Waals surface area contributed by atoms with Crippen LogP contribution in [-0.2, 0) is 9.59 Å². The van der Waals surface area contributed by atoms with E-state index in [0.29, 0.717) is 0 Å². The molecule has 0 aliphatic heterocycles. The van der Waals surface area contributed by atoms with Crippen LogP contribution in [0.15, 0.2) is 30.3 Å². The van der Waals surface area contributed by atoms with Crippen molar-refractivity contribution in [1.82, 2.24) is 10.6 Å². The van der Waals surface area contributed by atoms with Gasteiger partial charge in [0.25, 0.3) is 0 Å². The number of benzene rings is 1. The molecule has 0 heterocycles. The number of hydrogen-bond donors (Lipinski definition) is 2. The lowest BCUT2D eigenvalue weighted by atomic mass is 10.0. The third kappa shape index (κ3) is 6.04. The van der Waals surface area contributed by atoms with Crippen molar-refractivity contribution >= 4 is 11.8 Å². The summed E-state index contributed by atoms with van der Waals surface area (Å²) in [6.07, 6.45) is 0.237. The van der Waals surface area contributed by atoms with Crippen LogP contribution in [0.2, 0.25) is 0 Å². The van der Waals surface area contributed by atoms with Gasteiger partial charge in [0.2, 0.25) is 11.8 Å². The number of carbonyl (C=O) groups is 2. The van der Waals surface area contributed by atoms with Crippen molar-refractivity contribution in [3.05, 3.63) is 35.9 Å². The highest BCUT2D eigenvalue weighted by atomic mass is 16.2. The van der Waals surface area contributed by atoms with Crippen molar-refractivity contribution in [2.75, 3.05) is 0 Å². The third-order valence-corrected chi connectivity index (χ3v) is 2.48. The Morgan fingerprint density at radius 2 is 1.74 bits per heavy atom. The molecule has 0 aliphatic carbocycles. The number of carbonyl (C=O) groups excluding carboxylic acids is 2. The van der Waals surface area contributed by atoms with Crippen LogP contribution in [0.1, 0.15) is 45.7 Å². The van der Waals surface area contributed by atoms with Gasteiger partial charge in [-0.05, 0) is 26.3 Å². The first-order chi connectivity index (χ1) is 8.78. The number of hydrogen-bond acceptors (Lipinski definition) is 2. The molecule has 0 saturated heterocycles. The van der Waals surface area contributed by atoms with E-state index < -0.39 is 0 Å². The quantitative estimate of drug-likeness (QED) is 0.873. The van der Waals surface area contributed by atoms with Crippen LogP contribution >= 0.6 is 0 Å². The summed E-state index contributed by atoms with van der Waals surface area (Å²) in [5.41, 5.74) is 0.663. The van der Waals surface area contributed by atoms with E-state index in [4.69, 9.17) is 0 Å². The second-order valence-corrected chi connectivity index (χ2v) is 5.67. The molecule has 2 N–H and O–H groups in total. The van der Waals surface area contributed by atoms with Gasteiger partial charge in [-0.15, -0.1) is 0 Å². The van der Waals surface area contributed by atoms with Crippen molar-refractivity contribution in [2.24, 2.45) is 0 Å². The van der Waals surface area contributed by atoms with Gasteiger partial charge in [-0.3, -0.25) is 9.59 Å². The normalized spacial score (nSPS) is 12.6. The molecule has 0 aliphatic rings. The lowest BCUT2D eigenvalue weighted by molar-refractivity contribution is -0.123. The summed E-state index contributed by atoms with van der Waals surface area (Å²) in [5.74, 6) is -0.215. The van der Waals surface area contributed by atoms with E-state index in [1.807, 2.05) is 51.1 Å². The topological polar surface area (TPSA) is 58.2 Å². The molecule has 1 rings (SSSR count). The zero-order valence-electron chi connectivity index (χ0n) is 12.0. The number of rotatable bonds is 4. The van der Waals surface area contributed by atoms with Crippen molar-refractivity contribution in [3.63, 3.8) is 0 Å². The van der Waals surface area contributed by atoms with E-state index in [0.717, 1.165) is 5.56 Å². The predicted molar refractivity (Wildman–Crippen MR) is 75.5 cm³/mol. The van der Waals surface area contributed by atoms with Crippen LogP contribution in [-0.4, -0.2) is 17.4 Å². The van der Waals surface area contributed by atoms with Gasteiger partial charge in [-0.1, -0.05) is 30.3 Å². The molecule has 4 heteroatoms. The fourth-order valence-corrected chi connectivity index (χ4v) is 1.84. The van der Waals surface area contributed by atoms with Crippen LogP contribution in [0, 0.1) is 0 Å². The molecule has 1 atom stereocenters. The molecule has 0 spiro atoms. The molecular formula is C15H22N2O2. The first-order valence-corrected chi connectivity index (χ1v) is 6.41. The largest absolute Gasteiger partial charge is 0.351 e. The lowest BCUT2D eigenvalue weighted by Gasteiger charge is -2.23. The van der Waals surface area contributed by atoms with Crippen LogP contribution in [0.5, 0.6) is 0 Å². The molecule has 0 fully saturated rings.